The van der Waals surface area contributed by atoms with Crippen molar-refractivity contribution in [3.63, 3.8) is 0 Å². The fourth-order valence-electron chi connectivity index (χ4n) is 3.24. The molecule has 0 unspecified atom stereocenters. The quantitative estimate of drug-likeness (QED) is 0.550. The van der Waals surface area contributed by atoms with Crippen LogP contribution < -0.4 is 10.1 Å². The Labute approximate surface area is 155 Å². The summed E-state index contributed by atoms with van der Waals surface area (Å²) >= 11 is 0. The summed E-state index contributed by atoms with van der Waals surface area (Å²) < 4.78 is 6.04. The SMILES string of the molecule is Cc1cccc2c1Oc1ccccc1[C@H]2NC(=O)c1ccc([N+](=O)[O-])cc1. The molecule has 4 rings (SSSR count). The molecule has 27 heavy (non-hydrogen) atoms. The highest BCUT2D eigenvalue weighted by atomic mass is 16.6. The van der Waals surface area contributed by atoms with Gasteiger partial charge in [0.05, 0.1) is 11.0 Å². The van der Waals surface area contributed by atoms with Crippen molar-refractivity contribution in [3.05, 3.63) is 99.1 Å². The number of carbonyl (C=O) groups is 1. The van der Waals surface area contributed by atoms with Gasteiger partial charge in [-0.05, 0) is 30.7 Å². The standard InChI is InChI=1S/C21H16N2O4/c1-13-5-4-7-17-19(16-6-2-3-8-18(16)27-20(13)17)22-21(24)14-9-11-15(12-10-14)23(25)26/h2-12,19H,1H3,(H,22,24)/t19-/m1/s1. The summed E-state index contributed by atoms with van der Waals surface area (Å²) in [7, 11) is 0. The van der Waals surface area contributed by atoms with Crippen LogP contribution in [0.3, 0.4) is 0 Å². The molecule has 6 nitrogen and oxygen atoms in total. The third-order valence-electron chi connectivity index (χ3n) is 4.61. The number of nitro benzene ring substituents is 1. The number of para-hydroxylation sites is 2. The lowest BCUT2D eigenvalue weighted by Crippen LogP contribution is -2.31. The van der Waals surface area contributed by atoms with E-state index in [0.717, 1.165) is 22.4 Å². The van der Waals surface area contributed by atoms with E-state index >= 15 is 0 Å². The van der Waals surface area contributed by atoms with Crippen LogP contribution in [0, 0.1) is 17.0 Å². The first-order chi connectivity index (χ1) is 13.0. The van der Waals surface area contributed by atoms with Gasteiger partial charge >= 0.3 is 0 Å². The minimum atomic E-state index is -0.491. The zero-order valence-electron chi connectivity index (χ0n) is 14.5. The molecule has 0 bridgehead atoms. The third kappa shape index (κ3) is 3.01. The average molecular weight is 360 g/mol. The van der Waals surface area contributed by atoms with E-state index in [2.05, 4.69) is 5.32 Å². The predicted octanol–water partition coefficient (Wildman–Crippen LogP) is 4.53. The van der Waals surface area contributed by atoms with Crippen LogP contribution in [0.2, 0.25) is 0 Å². The molecule has 3 aromatic rings. The van der Waals surface area contributed by atoms with Crippen LogP contribution in [-0.4, -0.2) is 10.8 Å². The molecular weight excluding hydrogens is 344 g/mol. The number of carbonyl (C=O) groups excluding carboxylic acids is 1. The molecule has 1 aliphatic rings. The second-order valence-electron chi connectivity index (χ2n) is 6.34. The van der Waals surface area contributed by atoms with E-state index in [4.69, 9.17) is 4.74 Å². The fourth-order valence-corrected chi connectivity index (χ4v) is 3.24. The second kappa shape index (κ2) is 6.57. The Balaban J connectivity index is 1.70. The molecule has 1 aliphatic heterocycles. The molecule has 0 saturated carbocycles. The number of non-ortho nitro benzene ring substituents is 1. The zero-order valence-corrected chi connectivity index (χ0v) is 14.5. The second-order valence-corrected chi connectivity index (χ2v) is 6.34. The molecule has 0 radical (unpaired) electrons. The topological polar surface area (TPSA) is 81.5 Å². The van der Waals surface area contributed by atoms with Gasteiger partial charge in [-0.3, -0.25) is 14.9 Å². The van der Waals surface area contributed by atoms with E-state index in [-0.39, 0.29) is 17.6 Å². The first kappa shape index (κ1) is 16.8. The summed E-state index contributed by atoms with van der Waals surface area (Å²) in [5.74, 6) is 1.14. The van der Waals surface area contributed by atoms with Crippen molar-refractivity contribution < 1.29 is 14.5 Å². The molecule has 0 fully saturated rings. The molecule has 0 saturated heterocycles. The zero-order chi connectivity index (χ0) is 19.0. The van der Waals surface area contributed by atoms with Gasteiger partial charge in [-0.15, -0.1) is 0 Å². The summed E-state index contributed by atoms with van der Waals surface area (Å²) in [4.78, 5) is 23.1. The Hall–Kier alpha value is -3.67. The van der Waals surface area contributed by atoms with Gasteiger partial charge in [0.2, 0.25) is 0 Å². The Morgan fingerprint density at radius 1 is 1.00 bits per heavy atom. The maximum absolute atomic E-state index is 12.8. The first-order valence-electron chi connectivity index (χ1n) is 8.46. The van der Waals surface area contributed by atoms with Crippen molar-refractivity contribution in [2.75, 3.05) is 0 Å². The van der Waals surface area contributed by atoms with Crippen molar-refractivity contribution in [2.45, 2.75) is 13.0 Å². The van der Waals surface area contributed by atoms with E-state index in [0.29, 0.717) is 11.3 Å². The highest BCUT2D eigenvalue weighted by molar-refractivity contribution is 5.95. The number of nitrogens with zero attached hydrogens (tertiary/aromatic N) is 1. The molecule has 134 valence electrons. The third-order valence-corrected chi connectivity index (χ3v) is 4.61. The number of rotatable bonds is 3. The Morgan fingerprint density at radius 2 is 1.70 bits per heavy atom. The highest BCUT2D eigenvalue weighted by Gasteiger charge is 2.29. The van der Waals surface area contributed by atoms with Gasteiger partial charge < -0.3 is 10.1 Å². The number of ether oxygens (including phenoxy) is 1. The number of fused-ring (bicyclic) bond motifs is 2. The summed E-state index contributed by atoms with van der Waals surface area (Å²) in [5.41, 5.74) is 3.04. The number of aryl methyl sites for hydroxylation is 1. The van der Waals surface area contributed by atoms with Gasteiger partial charge in [0.15, 0.2) is 0 Å². The lowest BCUT2D eigenvalue weighted by atomic mass is 9.92. The normalized spacial score (nSPS) is 14.5. The van der Waals surface area contributed by atoms with Gasteiger partial charge in [-0.25, -0.2) is 0 Å². The molecule has 6 heteroatoms. The summed E-state index contributed by atoms with van der Waals surface area (Å²) in [5, 5.41) is 13.8. The van der Waals surface area contributed by atoms with Crippen LogP contribution in [-0.2, 0) is 0 Å². The van der Waals surface area contributed by atoms with Gasteiger partial charge in [-0.1, -0.05) is 36.4 Å². The van der Waals surface area contributed by atoms with Gasteiger partial charge in [0.1, 0.15) is 11.5 Å². The summed E-state index contributed by atoms with van der Waals surface area (Å²) in [6.07, 6.45) is 0. The molecule has 0 aliphatic carbocycles. The van der Waals surface area contributed by atoms with Crippen molar-refractivity contribution in [3.8, 4) is 11.5 Å². The van der Waals surface area contributed by atoms with Crippen molar-refractivity contribution in [1.29, 1.82) is 0 Å². The minimum Gasteiger partial charge on any atom is -0.456 e. The van der Waals surface area contributed by atoms with Crippen LogP contribution >= 0.6 is 0 Å². The minimum absolute atomic E-state index is 0.0519. The van der Waals surface area contributed by atoms with E-state index in [9.17, 15) is 14.9 Å². The first-order valence-corrected chi connectivity index (χ1v) is 8.46. The van der Waals surface area contributed by atoms with Crippen LogP contribution in [0.25, 0.3) is 0 Å². The predicted molar refractivity (Wildman–Crippen MR) is 100 cm³/mol. The smallest absolute Gasteiger partial charge is 0.269 e. The number of nitro groups is 1. The molecule has 1 N–H and O–H groups in total. The van der Waals surface area contributed by atoms with Gasteiger partial charge in [-0.2, -0.15) is 0 Å². The lowest BCUT2D eigenvalue weighted by molar-refractivity contribution is -0.384. The molecule has 1 atom stereocenters. The number of benzene rings is 3. The number of amides is 1. The van der Waals surface area contributed by atoms with E-state index in [1.807, 2.05) is 49.4 Å². The Bertz CT molecular complexity index is 1040. The maximum Gasteiger partial charge on any atom is 0.269 e. The molecule has 0 aromatic heterocycles. The van der Waals surface area contributed by atoms with Crippen molar-refractivity contribution in [2.24, 2.45) is 0 Å². The van der Waals surface area contributed by atoms with Crippen LogP contribution in [0.15, 0.2) is 66.7 Å². The summed E-state index contributed by atoms with van der Waals surface area (Å²) in [6, 6.07) is 18.6. The maximum atomic E-state index is 12.8. The largest absolute Gasteiger partial charge is 0.456 e. The van der Waals surface area contributed by atoms with E-state index in [1.165, 1.54) is 24.3 Å². The molecule has 0 spiro atoms. The Morgan fingerprint density at radius 3 is 2.44 bits per heavy atom. The highest BCUT2D eigenvalue weighted by Crippen LogP contribution is 2.44. The van der Waals surface area contributed by atoms with Crippen LogP contribution in [0.5, 0.6) is 11.5 Å². The molecule has 3 aromatic carbocycles. The average Bonchev–Trinajstić information content (AvgIpc) is 2.68. The van der Waals surface area contributed by atoms with E-state index < -0.39 is 4.92 Å². The van der Waals surface area contributed by atoms with Gasteiger partial charge in [0, 0.05) is 28.8 Å². The van der Waals surface area contributed by atoms with Gasteiger partial charge in [0.25, 0.3) is 11.6 Å². The van der Waals surface area contributed by atoms with Crippen molar-refractivity contribution in [1.82, 2.24) is 5.32 Å². The monoisotopic (exact) mass is 360 g/mol. The van der Waals surface area contributed by atoms with Crippen molar-refractivity contribution >= 4 is 11.6 Å². The number of hydrogen-bond acceptors (Lipinski definition) is 4. The fraction of sp³-hybridized carbons (Fsp3) is 0.0952. The molecular formula is C21H16N2O4. The molecule has 1 amide bonds. The number of nitrogens with one attached hydrogen (secondary N) is 1. The van der Waals surface area contributed by atoms with E-state index in [1.54, 1.807) is 0 Å². The lowest BCUT2D eigenvalue weighted by Gasteiger charge is -2.29. The summed E-state index contributed by atoms with van der Waals surface area (Å²) in [6.45, 7) is 1.96. The number of hydrogen-bond donors (Lipinski definition) is 1. The Kier molecular flexibility index (Phi) is 4.08. The van der Waals surface area contributed by atoms with Crippen LogP contribution in [0.1, 0.15) is 33.1 Å². The van der Waals surface area contributed by atoms with Crippen LogP contribution in [0.4, 0.5) is 5.69 Å². The molecule has 1 heterocycles.